The molecular formula is C9H13NO2. The maximum absolute atomic E-state index is 10.6. The van der Waals surface area contributed by atoms with Crippen LogP contribution in [0.3, 0.4) is 0 Å². The van der Waals surface area contributed by atoms with Gasteiger partial charge < -0.3 is 0 Å². The Morgan fingerprint density at radius 1 is 1.50 bits per heavy atom. The molecule has 0 atom stereocenters. The molecule has 1 amide bonds. The zero-order valence-electron chi connectivity index (χ0n) is 7.25. The average Bonchev–Trinajstić information content (AvgIpc) is 2.05. The summed E-state index contributed by atoms with van der Waals surface area (Å²) in [6, 6.07) is 0. The van der Waals surface area contributed by atoms with E-state index in [1.54, 1.807) is 6.08 Å². The Morgan fingerprint density at radius 2 is 2.25 bits per heavy atom. The Kier molecular flexibility index (Phi) is 7.10. The Hall–Kier alpha value is -1.21. The molecule has 0 aliphatic heterocycles. The number of unbranched alkanes of at least 4 members (excludes halogenated alkanes) is 3. The van der Waals surface area contributed by atoms with Gasteiger partial charge in [-0.3, -0.25) is 4.79 Å². The smallest absolute Gasteiger partial charge is 0.267 e. The van der Waals surface area contributed by atoms with Crippen LogP contribution in [0, 0.1) is 0 Å². The van der Waals surface area contributed by atoms with E-state index in [1.165, 1.54) is 12.2 Å². The molecule has 0 fully saturated rings. The first-order valence-electron chi connectivity index (χ1n) is 4.09. The average molecular weight is 167 g/mol. The highest BCUT2D eigenvalue weighted by Crippen LogP contribution is 1.99. The van der Waals surface area contributed by atoms with E-state index in [4.69, 9.17) is 0 Å². The number of hydrogen-bond donors (Lipinski definition) is 0. The van der Waals surface area contributed by atoms with E-state index in [0.717, 1.165) is 25.7 Å². The third-order valence-electron chi connectivity index (χ3n) is 1.39. The molecule has 0 aliphatic carbocycles. The van der Waals surface area contributed by atoms with Crippen molar-refractivity contribution in [2.45, 2.75) is 32.6 Å². The van der Waals surface area contributed by atoms with Crippen LogP contribution in [-0.4, -0.2) is 12.0 Å². The molecule has 0 bridgehead atoms. The maximum Gasteiger partial charge on any atom is 0.280 e. The summed E-state index contributed by atoms with van der Waals surface area (Å²) in [4.78, 5) is 23.1. The van der Waals surface area contributed by atoms with Crippen molar-refractivity contribution in [2.24, 2.45) is 4.99 Å². The lowest BCUT2D eigenvalue weighted by Gasteiger charge is -1.89. The number of isocyanates is 1. The predicted molar refractivity (Wildman–Crippen MR) is 46.4 cm³/mol. The van der Waals surface area contributed by atoms with Crippen LogP contribution in [0.15, 0.2) is 17.1 Å². The first-order valence-corrected chi connectivity index (χ1v) is 4.09. The summed E-state index contributed by atoms with van der Waals surface area (Å²) in [7, 11) is 0. The Morgan fingerprint density at radius 3 is 2.83 bits per heavy atom. The SMILES string of the molecule is CCCCC/C=C\C(=O)N=C=O. The fourth-order valence-corrected chi connectivity index (χ4v) is 0.779. The number of aliphatic imine (C=N–C) groups is 1. The summed E-state index contributed by atoms with van der Waals surface area (Å²) in [5.41, 5.74) is 0. The molecule has 3 heteroatoms. The molecule has 0 saturated heterocycles. The molecule has 0 saturated carbocycles. The van der Waals surface area contributed by atoms with Gasteiger partial charge in [-0.05, 0) is 12.8 Å². The van der Waals surface area contributed by atoms with Crippen molar-refractivity contribution >= 4 is 12.0 Å². The van der Waals surface area contributed by atoms with Crippen LogP contribution in [0.1, 0.15) is 32.6 Å². The second-order valence-electron chi connectivity index (χ2n) is 2.44. The zero-order valence-corrected chi connectivity index (χ0v) is 7.25. The number of carbonyl (C=O) groups excluding carboxylic acids is 2. The molecule has 0 aromatic rings. The fourth-order valence-electron chi connectivity index (χ4n) is 0.779. The summed E-state index contributed by atoms with van der Waals surface area (Å²) in [5, 5.41) is 0. The van der Waals surface area contributed by atoms with E-state index in [9.17, 15) is 9.59 Å². The molecule has 0 unspecified atom stereocenters. The molecule has 0 N–H and O–H groups in total. The molecule has 0 spiro atoms. The third-order valence-corrected chi connectivity index (χ3v) is 1.39. The number of nitrogens with zero attached hydrogens (tertiary/aromatic N) is 1. The number of carbonyl (C=O) groups is 1. The van der Waals surface area contributed by atoms with E-state index >= 15 is 0 Å². The molecule has 0 rings (SSSR count). The van der Waals surface area contributed by atoms with Crippen molar-refractivity contribution in [1.29, 1.82) is 0 Å². The summed E-state index contributed by atoms with van der Waals surface area (Å²) in [5.74, 6) is -0.526. The standard InChI is InChI=1S/C9H13NO2/c1-2-3-4-5-6-7-9(12)10-8-11/h6-7H,2-5H2,1H3/b7-6-. The van der Waals surface area contributed by atoms with Crippen LogP contribution in [0.4, 0.5) is 0 Å². The molecule has 0 aromatic heterocycles. The highest BCUT2D eigenvalue weighted by atomic mass is 16.2. The summed E-state index contributed by atoms with van der Waals surface area (Å²) in [6.07, 6.45) is 8.50. The van der Waals surface area contributed by atoms with Crippen molar-refractivity contribution < 1.29 is 9.59 Å². The Bertz CT molecular complexity index is 203. The topological polar surface area (TPSA) is 46.5 Å². The van der Waals surface area contributed by atoms with Gasteiger partial charge in [0, 0.05) is 6.08 Å². The van der Waals surface area contributed by atoms with E-state index in [0.29, 0.717) is 0 Å². The van der Waals surface area contributed by atoms with Gasteiger partial charge in [0.15, 0.2) is 0 Å². The monoisotopic (exact) mass is 167 g/mol. The molecule has 66 valence electrons. The van der Waals surface area contributed by atoms with Crippen LogP contribution < -0.4 is 0 Å². The van der Waals surface area contributed by atoms with E-state index in [-0.39, 0.29) is 0 Å². The molecular weight excluding hydrogens is 154 g/mol. The van der Waals surface area contributed by atoms with Crippen molar-refractivity contribution in [2.75, 3.05) is 0 Å². The van der Waals surface area contributed by atoms with Gasteiger partial charge in [0.2, 0.25) is 6.08 Å². The van der Waals surface area contributed by atoms with Crippen LogP contribution >= 0.6 is 0 Å². The quantitative estimate of drug-likeness (QED) is 0.272. The molecule has 0 heterocycles. The molecule has 0 aliphatic rings. The van der Waals surface area contributed by atoms with Crippen molar-refractivity contribution in [3.05, 3.63) is 12.2 Å². The van der Waals surface area contributed by atoms with Crippen LogP contribution in [0.25, 0.3) is 0 Å². The fraction of sp³-hybridized carbons (Fsp3) is 0.556. The second kappa shape index (κ2) is 7.89. The van der Waals surface area contributed by atoms with E-state index in [2.05, 4.69) is 11.9 Å². The summed E-state index contributed by atoms with van der Waals surface area (Å²) >= 11 is 0. The molecule has 12 heavy (non-hydrogen) atoms. The van der Waals surface area contributed by atoms with Gasteiger partial charge >= 0.3 is 0 Å². The minimum absolute atomic E-state index is 0.526. The minimum atomic E-state index is -0.526. The second-order valence-corrected chi connectivity index (χ2v) is 2.44. The van der Waals surface area contributed by atoms with Gasteiger partial charge in [-0.25, -0.2) is 4.79 Å². The zero-order chi connectivity index (χ0) is 9.23. The van der Waals surface area contributed by atoms with Gasteiger partial charge in [-0.2, -0.15) is 0 Å². The highest BCUT2D eigenvalue weighted by molar-refractivity contribution is 5.91. The number of amides is 1. The summed E-state index contributed by atoms with van der Waals surface area (Å²) in [6.45, 7) is 2.12. The summed E-state index contributed by atoms with van der Waals surface area (Å²) < 4.78 is 0. The molecule has 3 nitrogen and oxygen atoms in total. The lowest BCUT2D eigenvalue weighted by molar-refractivity contribution is -0.113. The molecule has 0 aromatic carbocycles. The van der Waals surface area contributed by atoms with Gasteiger partial charge in [0.25, 0.3) is 5.91 Å². The van der Waals surface area contributed by atoms with E-state index < -0.39 is 5.91 Å². The highest BCUT2D eigenvalue weighted by Gasteiger charge is 1.88. The van der Waals surface area contributed by atoms with Gasteiger partial charge in [0.1, 0.15) is 0 Å². The number of allylic oxidation sites excluding steroid dienone is 1. The van der Waals surface area contributed by atoms with Crippen molar-refractivity contribution in [1.82, 2.24) is 0 Å². The predicted octanol–water partition coefficient (Wildman–Crippen LogP) is 1.99. The lowest BCUT2D eigenvalue weighted by atomic mass is 10.2. The normalized spacial score (nSPS) is 9.75. The maximum atomic E-state index is 10.6. The minimum Gasteiger partial charge on any atom is -0.267 e. The lowest BCUT2D eigenvalue weighted by Crippen LogP contribution is -1.84. The molecule has 0 radical (unpaired) electrons. The van der Waals surface area contributed by atoms with Gasteiger partial charge in [0.05, 0.1) is 0 Å². The van der Waals surface area contributed by atoms with Crippen molar-refractivity contribution in [3.63, 3.8) is 0 Å². The Labute approximate surface area is 72.2 Å². The van der Waals surface area contributed by atoms with Crippen LogP contribution in [0.2, 0.25) is 0 Å². The van der Waals surface area contributed by atoms with Crippen molar-refractivity contribution in [3.8, 4) is 0 Å². The largest absolute Gasteiger partial charge is 0.280 e. The Balaban J connectivity index is 3.48. The van der Waals surface area contributed by atoms with E-state index in [1.807, 2.05) is 0 Å². The van der Waals surface area contributed by atoms with Gasteiger partial charge in [-0.1, -0.05) is 25.8 Å². The number of rotatable bonds is 5. The first kappa shape index (κ1) is 10.8. The number of hydrogen-bond acceptors (Lipinski definition) is 2. The van der Waals surface area contributed by atoms with Crippen LogP contribution in [-0.2, 0) is 9.59 Å². The first-order chi connectivity index (χ1) is 5.81. The van der Waals surface area contributed by atoms with Gasteiger partial charge in [-0.15, -0.1) is 4.99 Å². The van der Waals surface area contributed by atoms with Crippen LogP contribution in [0.5, 0.6) is 0 Å². The third kappa shape index (κ3) is 6.90.